The maximum atomic E-state index is 11.1. The van der Waals surface area contributed by atoms with Crippen molar-refractivity contribution in [1.82, 2.24) is 9.38 Å². The molecule has 1 aromatic carbocycles. The van der Waals surface area contributed by atoms with E-state index in [1.165, 1.54) is 11.8 Å². The molecular weight excluding hydrogens is 248 g/mol. The Balaban J connectivity index is 1.93. The second-order valence-electron chi connectivity index (χ2n) is 4.06. The largest absolute Gasteiger partial charge is 0.469 e. The van der Waals surface area contributed by atoms with Gasteiger partial charge in [0.15, 0.2) is 4.96 Å². The van der Waals surface area contributed by atoms with E-state index in [1.807, 2.05) is 6.20 Å². The number of methoxy groups -OCH3 is 1. The molecule has 0 radical (unpaired) electrons. The Kier molecular flexibility index (Phi) is 2.76. The fourth-order valence-electron chi connectivity index (χ4n) is 1.99. The van der Waals surface area contributed by atoms with Gasteiger partial charge in [0.1, 0.15) is 0 Å². The zero-order chi connectivity index (χ0) is 12.5. The van der Waals surface area contributed by atoms with Crippen LogP contribution in [0.5, 0.6) is 0 Å². The van der Waals surface area contributed by atoms with Crippen molar-refractivity contribution >= 4 is 32.5 Å². The lowest BCUT2D eigenvalue weighted by Gasteiger charge is -2.00. The summed E-state index contributed by atoms with van der Waals surface area (Å²) in [7, 11) is 1.42. The fourth-order valence-corrected chi connectivity index (χ4v) is 3.04. The van der Waals surface area contributed by atoms with Crippen LogP contribution in [-0.2, 0) is 16.0 Å². The topological polar surface area (TPSA) is 43.6 Å². The van der Waals surface area contributed by atoms with Crippen LogP contribution in [0, 0.1) is 0 Å². The molecule has 2 heterocycles. The summed E-state index contributed by atoms with van der Waals surface area (Å²) in [6.07, 6.45) is 4.89. The first kappa shape index (κ1) is 11.2. The van der Waals surface area contributed by atoms with Crippen LogP contribution in [0.4, 0.5) is 0 Å². The summed E-state index contributed by atoms with van der Waals surface area (Å²) < 4.78 is 7.91. The lowest BCUT2D eigenvalue weighted by Crippen LogP contribution is -2.01. The van der Waals surface area contributed by atoms with Gasteiger partial charge in [-0.05, 0) is 24.1 Å². The van der Waals surface area contributed by atoms with E-state index in [0.29, 0.717) is 12.8 Å². The van der Waals surface area contributed by atoms with Gasteiger partial charge >= 0.3 is 5.97 Å². The molecule has 0 atom stereocenters. The maximum Gasteiger partial charge on any atom is 0.305 e. The number of carbonyl (C=O) groups is 1. The smallest absolute Gasteiger partial charge is 0.305 e. The van der Waals surface area contributed by atoms with Crippen molar-refractivity contribution < 1.29 is 9.53 Å². The SMILES string of the molecule is COC(=O)CCc1ccc2c(c1)sc1nccn12. The summed E-state index contributed by atoms with van der Waals surface area (Å²) in [4.78, 5) is 16.4. The molecule has 0 aliphatic heterocycles. The van der Waals surface area contributed by atoms with Gasteiger partial charge in [-0.15, -0.1) is 0 Å². The van der Waals surface area contributed by atoms with E-state index in [1.54, 1.807) is 17.5 Å². The van der Waals surface area contributed by atoms with Crippen LogP contribution in [0.15, 0.2) is 30.6 Å². The first-order valence-electron chi connectivity index (χ1n) is 5.69. The number of rotatable bonds is 3. The number of aryl methyl sites for hydroxylation is 1. The van der Waals surface area contributed by atoms with Gasteiger partial charge < -0.3 is 4.74 Å². The van der Waals surface area contributed by atoms with E-state index in [2.05, 4.69) is 32.3 Å². The van der Waals surface area contributed by atoms with Crippen molar-refractivity contribution in [1.29, 1.82) is 0 Å². The minimum atomic E-state index is -0.170. The third-order valence-corrected chi connectivity index (χ3v) is 3.97. The molecule has 0 N–H and O–H groups in total. The molecule has 0 bridgehead atoms. The zero-order valence-electron chi connectivity index (χ0n) is 9.92. The van der Waals surface area contributed by atoms with Crippen molar-refractivity contribution in [3.05, 3.63) is 36.2 Å². The van der Waals surface area contributed by atoms with Crippen molar-refractivity contribution in [2.24, 2.45) is 0 Å². The second kappa shape index (κ2) is 4.42. The molecule has 0 amide bonds. The van der Waals surface area contributed by atoms with Gasteiger partial charge in [-0.1, -0.05) is 17.4 Å². The minimum absolute atomic E-state index is 0.170. The Morgan fingerprint density at radius 2 is 2.39 bits per heavy atom. The summed E-state index contributed by atoms with van der Waals surface area (Å²) in [6.45, 7) is 0. The predicted molar refractivity (Wildman–Crippen MR) is 70.9 cm³/mol. The van der Waals surface area contributed by atoms with E-state index in [4.69, 9.17) is 0 Å². The summed E-state index contributed by atoms with van der Waals surface area (Å²) in [5.74, 6) is -0.170. The van der Waals surface area contributed by atoms with Gasteiger partial charge in [-0.2, -0.15) is 0 Å². The van der Waals surface area contributed by atoms with Crippen LogP contribution in [-0.4, -0.2) is 22.5 Å². The molecule has 0 fully saturated rings. The average Bonchev–Trinajstić information content (AvgIpc) is 2.95. The molecule has 5 heteroatoms. The third kappa shape index (κ3) is 1.86. The monoisotopic (exact) mass is 260 g/mol. The van der Waals surface area contributed by atoms with Crippen LogP contribution >= 0.6 is 11.3 Å². The number of benzene rings is 1. The first-order chi connectivity index (χ1) is 8.78. The summed E-state index contributed by atoms with van der Waals surface area (Å²) in [5.41, 5.74) is 2.31. The number of aromatic nitrogens is 2. The second-order valence-corrected chi connectivity index (χ2v) is 5.07. The number of nitrogens with zero attached hydrogens (tertiary/aromatic N) is 2. The average molecular weight is 260 g/mol. The first-order valence-corrected chi connectivity index (χ1v) is 6.51. The number of ether oxygens (including phenoxy) is 1. The quantitative estimate of drug-likeness (QED) is 0.680. The molecule has 2 aromatic heterocycles. The van der Waals surface area contributed by atoms with E-state index < -0.39 is 0 Å². The van der Waals surface area contributed by atoms with Crippen molar-refractivity contribution in [2.45, 2.75) is 12.8 Å². The minimum Gasteiger partial charge on any atom is -0.469 e. The Bertz CT molecular complexity index is 714. The molecule has 0 saturated heterocycles. The molecular formula is C13H12N2O2S. The highest BCUT2D eigenvalue weighted by Gasteiger charge is 2.07. The summed E-state index contributed by atoms with van der Waals surface area (Å²) in [6, 6.07) is 6.25. The van der Waals surface area contributed by atoms with E-state index >= 15 is 0 Å². The standard InChI is InChI=1S/C13H12N2O2S/c1-17-12(16)5-3-9-2-4-10-11(8-9)18-13-14-6-7-15(10)13/h2,4,6-8H,3,5H2,1H3. The molecule has 0 saturated carbocycles. The number of esters is 1. The molecule has 18 heavy (non-hydrogen) atoms. The van der Waals surface area contributed by atoms with E-state index in [-0.39, 0.29) is 5.97 Å². The number of carbonyl (C=O) groups excluding carboxylic acids is 1. The van der Waals surface area contributed by atoms with Crippen LogP contribution < -0.4 is 0 Å². The fraction of sp³-hybridized carbons (Fsp3) is 0.231. The van der Waals surface area contributed by atoms with Crippen LogP contribution in [0.2, 0.25) is 0 Å². The number of imidazole rings is 1. The molecule has 0 spiro atoms. The van der Waals surface area contributed by atoms with Crippen molar-refractivity contribution in [3.8, 4) is 0 Å². The van der Waals surface area contributed by atoms with Gasteiger partial charge in [-0.3, -0.25) is 9.20 Å². The maximum absolute atomic E-state index is 11.1. The van der Waals surface area contributed by atoms with Gasteiger partial charge in [0.25, 0.3) is 0 Å². The Hall–Kier alpha value is -1.88. The third-order valence-electron chi connectivity index (χ3n) is 2.94. The lowest BCUT2D eigenvalue weighted by atomic mass is 10.1. The van der Waals surface area contributed by atoms with Gasteiger partial charge in [0, 0.05) is 18.8 Å². The Morgan fingerprint density at radius 3 is 3.22 bits per heavy atom. The van der Waals surface area contributed by atoms with Crippen LogP contribution in [0.25, 0.3) is 15.2 Å². The Labute approximate surface area is 108 Å². The molecule has 0 aliphatic carbocycles. The molecule has 3 aromatic rings. The van der Waals surface area contributed by atoms with Crippen molar-refractivity contribution in [3.63, 3.8) is 0 Å². The van der Waals surface area contributed by atoms with E-state index in [9.17, 15) is 4.79 Å². The van der Waals surface area contributed by atoms with Crippen molar-refractivity contribution in [2.75, 3.05) is 7.11 Å². The Morgan fingerprint density at radius 1 is 1.50 bits per heavy atom. The highest BCUT2D eigenvalue weighted by atomic mass is 32.1. The van der Waals surface area contributed by atoms with Crippen LogP contribution in [0.3, 0.4) is 0 Å². The molecule has 3 rings (SSSR count). The number of hydrogen-bond acceptors (Lipinski definition) is 4. The van der Waals surface area contributed by atoms with Gasteiger partial charge in [0.2, 0.25) is 0 Å². The number of hydrogen-bond donors (Lipinski definition) is 0. The number of thiazole rings is 1. The normalized spacial score (nSPS) is 11.2. The van der Waals surface area contributed by atoms with Gasteiger partial charge in [-0.25, -0.2) is 4.98 Å². The highest BCUT2D eigenvalue weighted by Crippen LogP contribution is 2.26. The van der Waals surface area contributed by atoms with Crippen LogP contribution in [0.1, 0.15) is 12.0 Å². The lowest BCUT2D eigenvalue weighted by molar-refractivity contribution is -0.140. The highest BCUT2D eigenvalue weighted by molar-refractivity contribution is 7.23. The van der Waals surface area contributed by atoms with E-state index in [0.717, 1.165) is 16.0 Å². The molecule has 4 nitrogen and oxygen atoms in total. The molecule has 0 aliphatic rings. The molecule has 92 valence electrons. The molecule has 0 unspecified atom stereocenters. The number of fused-ring (bicyclic) bond motifs is 3. The summed E-state index contributed by atoms with van der Waals surface area (Å²) in [5, 5.41) is 0. The zero-order valence-corrected chi connectivity index (χ0v) is 10.7. The predicted octanol–water partition coefficient (Wildman–Crippen LogP) is 2.65. The summed E-state index contributed by atoms with van der Waals surface area (Å²) >= 11 is 1.66. The van der Waals surface area contributed by atoms with Gasteiger partial charge in [0.05, 0.1) is 17.3 Å².